The SMILES string of the molecule is CO[P+](C)=S. The van der Waals surface area contributed by atoms with E-state index in [1.54, 1.807) is 7.11 Å². The van der Waals surface area contributed by atoms with Gasteiger partial charge in [-0.2, -0.15) is 4.52 Å². The predicted octanol–water partition coefficient (Wildman–Crippen LogP) is 1.12. The summed E-state index contributed by atoms with van der Waals surface area (Å²) in [6.45, 7) is 1.36. The van der Waals surface area contributed by atoms with Crippen LogP contribution >= 0.6 is 6.92 Å². The Morgan fingerprint density at radius 1 is 1.80 bits per heavy atom. The third-order valence-electron chi connectivity index (χ3n) is 0.257. The van der Waals surface area contributed by atoms with Crippen molar-refractivity contribution in [1.82, 2.24) is 0 Å². The Bertz CT molecular complexity index is 44.9. The number of rotatable bonds is 1. The Morgan fingerprint density at radius 3 is 2.00 bits per heavy atom. The Morgan fingerprint density at radius 2 is 2.00 bits per heavy atom. The van der Waals surface area contributed by atoms with Gasteiger partial charge in [-0.3, -0.25) is 0 Å². The summed E-state index contributed by atoms with van der Waals surface area (Å²) in [5, 5.41) is 0. The molecular formula is C2H6OPS+. The van der Waals surface area contributed by atoms with Crippen molar-refractivity contribution in [3.63, 3.8) is 0 Å². The third kappa shape index (κ3) is 4.48. The van der Waals surface area contributed by atoms with E-state index in [4.69, 9.17) is 0 Å². The second kappa shape index (κ2) is 2.70. The van der Waals surface area contributed by atoms with E-state index >= 15 is 0 Å². The molecule has 0 aliphatic rings. The van der Waals surface area contributed by atoms with Crippen molar-refractivity contribution in [2.45, 2.75) is 0 Å². The fraction of sp³-hybridized carbons (Fsp3) is 1.00. The van der Waals surface area contributed by atoms with Crippen molar-refractivity contribution in [2.24, 2.45) is 0 Å². The van der Waals surface area contributed by atoms with E-state index in [1.165, 1.54) is 0 Å². The lowest BCUT2D eigenvalue weighted by Crippen LogP contribution is -1.55. The Balaban J connectivity index is 2.85. The molecule has 0 aromatic heterocycles. The Labute approximate surface area is 37.8 Å². The zero-order valence-electron chi connectivity index (χ0n) is 3.26. The summed E-state index contributed by atoms with van der Waals surface area (Å²) >= 11 is 4.62. The van der Waals surface area contributed by atoms with Gasteiger partial charge in [0.2, 0.25) is 0 Å². The van der Waals surface area contributed by atoms with Gasteiger partial charge in [0.25, 0.3) is 0 Å². The lowest BCUT2D eigenvalue weighted by Gasteiger charge is -1.63. The molecule has 0 aliphatic heterocycles. The summed E-state index contributed by atoms with van der Waals surface area (Å²) in [5.74, 6) is 0. The molecule has 1 nitrogen and oxygen atoms in total. The minimum absolute atomic E-state index is 0.515. The largest absolute Gasteiger partial charge is 0.333 e. The van der Waals surface area contributed by atoms with Gasteiger partial charge in [0.05, 0.1) is 7.11 Å². The van der Waals surface area contributed by atoms with Crippen LogP contribution in [0.3, 0.4) is 0 Å². The van der Waals surface area contributed by atoms with Crippen LogP contribution in [-0.4, -0.2) is 13.8 Å². The maximum Gasteiger partial charge on any atom is 0.333 e. The lowest BCUT2D eigenvalue weighted by molar-refractivity contribution is 0.477. The zero-order valence-corrected chi connectivity index (χ0v) is 4.97. The van der Waals surface area contributed by atoms with Crippen LogP contribution in [0, 0.1) is 0 Å². The molecule has 5 heavy (non-hydrogen) atoms. The van der Waals surface area contributed by atoms with Crippen LogP contribution in [0.5, 0.6) is 0 Å². The summed E-state index contributed by atoms with van der Waals surface area (Å²) in [6, 6.07) is 0. The first-order valence-electron chi connectivity index (χ1n) is 1.22. The highest BCUT2D eigenvalue weighted by atomic mass is 32.4. The van der Waals surface area contributed by atoms with E-state index in [1.807, 2.05) is 6.66 Å². The third-order valence-corrected chi connectivity index (χ3v) is 1.22. The average molecular weight is 109 g/mol. The molecule has 0 heterocycles. The zero-order chi connectivity index (χ0) is 4.28. The smallest absolute Gasteiger partial charge is 0.172 e. The van der Waals surface area contributed by atoms with E-state index in [0.717, 1.165) is 0 Å². The fourth-order valence-corrected chi connectivity index (χ4v) is 0. The molecule has 1 unspecified atom stereocenters. The molecule has 0 bridgehead atoms. The van der Waals surface area contributed by atoms with Crippen LogP contribution < -0.4 is 0 Å². The highest BCUT2D eigenvalue weighted by Gasteiger charge is 1.88. The second-order valence-electron chi connectivity index (χ2n) is 0.622. The first-order valence-corrected chi connectivity index (χ1v) is 3.94. The topological polar surface area (TPSA) is 9.23 Å². The molecule has 0 spiro atoms. The standard InChI is InChI=1S/C2H6OPS/c1-3-4(2)5/h1-2H3/q+1. The van der Waals surface area contributed by atoms with E-state index in [0.29, 0.717) is 0 Å². The maximum absolute atomic E-state index is 4.63. The van der Waals surface area contributed by atoms with Gasteiger partial charge in [-0.05, 0) is 0 Å². The van der Waals surface area contributed by atoms with Crippen molar-refractivity contribution in [2.75, 3.05) is 13.8 Å². The molecule has 1 atom stereocenters. The van der Waals surface area contributed by atoms with Crippen molar-refractivity contribution in [3.05, 3.63) is 0 Å². The monoisotopic (exact) mass is 109 g/mol. The number of hydrogen-bond acceptors (Lipinski definition) is 2. The van der Waals surface area contributed by atoms with Crippen LogP contribution in [-0.2, 0) is 16.3 Å². The molecule has 0 N–H and O–H groups in total. The summed E-state index contributed by atoms with van der Waals surface area (Å²) in [7, 11) is 1.62. The van der Waals surface area contributed by atoms with Crippen molar-refractivity contribution >= 4 is 18.7 Å². The highest BCUT2D eigenvalue weighted by Crippen LogP contribution is 2.11. The molecule has 3 heteroatoms. The van der Waals surface area contributed by atoms with Crippen LogP contribution in [0.4, 0.5) is 0 Å². The summed E-state index contributed by atoms with van der Waals surface area (Å²) in [4.78, 5) is 0. The molecular weight excluding hydrogens is 103 g/mol. The van der Waals surface area contributed by atoms with Gasteiger partial charge in [0.1, 0.15) is 6.66 Å². The highest BCUT2D eigenvalue weighted by molar-refractivity contribution is 8.02. The molecule has 0 aromatic rings. The molecule has 0 saturated carbocycles. The Kier molecular flexibility index (Phi) is 2.96. The molecule has 0 fully saturated rings. The average Bonchev–Trinajstić information content (AvgIpc) is 1.38. The summed E-state index contributed by atoms with van der Waals surface area (Å²) < 4.78 is 4.63. The molecule has 0 aliphatic carbocycles. The van der Waals surface area contributed by atoms with Crippen LogP contribution in [0.2, 0.25) is 0 Å². The molecule has 0 radical (unpaired) electrons. The van der Waals surface area contributed by atoms with Crippen LogP contribution in [0.15, 0.2) is 0 Å². The first-order chi connectivity index (χ1) is 2.27. The first kappa shape index (κ1) is 5.48. The number of hydrogen-bond donors (Lipinski definition) is 0. The second-order valence-corrected chi connectivity index (χ2v) is 3.41. The van der Waals surface area contributed by atoms with Crippen molar-refractivity contribution < 1.29 is 4.52 Å². The van der Waals surface area contributed by atoms with E-state index in [-0.39, 0.29) is 0 Å². The van der Waals surface area contributed by atoms with E-state index in [2.05, 4.69) is 16.3 Å². The van der Waals surface area contributed by atoms with E-state index in [9.17, 15) is 0 Å². The molecule has 30 valence electrons. The van der Waals surface area contributed by atoms with Crippen molar-refractivity contribution in [1.29, 1.82) is 0 Å². The molecule has 0 rings (SSSR count). The van der Waals surface area contributed by atoms with Crippen LogP contribution in [0.25, 0.3) is 0 Å². The molecule has 0 saturated heterocycles. The molecule has 0 aromatic carbocycles. The summed E-state index contributed by atoms with van der Waals surface area (Å²) in [6.07, 6.45) is 0. The van der Waals surface area contributed by atoms with Crippen molar-refractivity contribution in [3.8, 4) is 0 Å². The van der Waals surface area contributed by atoms with E-state index < -0.39 is 6.92 Å². The molecule has 0 amide bonds. The van der Waals surface area contributed by atoms with Gasteiger partial charge in [0, 0.05) is 0 Å². The summed E-state index contributed by atoms with van der Waals surface area (Å²) in [5.41, 5.74) is 0. The van der Waals surface area contributed by atoms with Gasteiger partial charge in [0.15, 0.2) is 11.8 Å². The maximum atomic E-state index is 4.63. The predicted molar refractivity (Wildman–Crippen MR) is 27.2 cm³/mol. The normalized spacial score (nSPS) is 11.2. The van der Waals surface area contributed by atoms with Gasteiger partial charge in [-0.15, -0.1) is 0 Å². The van der Waals surface area contributed by atoms with Gasteiger partial charge >= 0.3 is 6.92 Å². The quantitative estimate of drug-likeness (QED) is 0.466. The minimum Gasteiger partial charge on any atom is -0.172 e. The van der Waals surface area contributed by atoms with Gasteiger partial charge in [-0.25, -0.2) is 0 Å². The Hall–Kier alpha value is 0.480. The lowest BCUT2D eigenvalue weighted by atomic mass is 11.8. The van der Waals surface area contributed by atoms with Gasteiger partial charge in [-0.1, -0.05) is 0 Å². The van der Waals surface area contributed by atoms with Crippen LogP contribution in [0.1, 0.15) is 0 Å². The minimum atomic E-state index is -0.515. The fourth-order valence-electron chi connectivity index (χ4n) is 0. The van der Waals surface area contributed by atoms with Gasteiger partial charge < -0.3 is 0 Å².